The van der Waals surface area contributed by atoms with E-state index in [1.165, 1.54) is 40.7 Å². The predicted molar refractivity (Wildman–Crippen MR) is 83.1 cm³/mol. The quantitative estimate of drug-likeness (QED) is 0.657. The first kappa shape index (κ1) is 12.5. The standard InChI is InChI=1S/C19H22/c1-5-8-14-12-11-13(2)17-15-9-6-7-10-16(15)19(3,4)18(14)17/h6-7,9-10,12H,2,5,8,11H2,1,3-4H3. The SMILES string of the molecule is C=C1CC=C(CCC)C2=C1c1ccccc1C2(C)C. The van der Waals surface area contributed by atoms with Crippen molar-refractivity contribution >= 4 is 5.57 Å². The molecule has 0 unspecified atom stereocenters. The van der Waals surface area contributed by atoms with Gasteiger partial charge >= 0.3 is 0 Å². The molecule has 0 radical (unpaired) electrons. The molecule has 1 aromatic rings. The van der Waals surface area contributed by atoms with Crippen molar-refractivity contribution in [2.24, 2.45) is 0 Å². The van der Waals surface area contributed by atoms with E-state index < -0.39 is 0 Å². The summed E-state index contributed by atoms with van der Waals surface area (Å²) in [6.07, 6.45) is 5.81. The van der Waals surface area contributed by atoms with E-state index in [1.54, 1.807) is 5.57 Å². The Morgan fingerprint density at radius 1 is 1.21 bits per heavy atom. The molecule has 0 bridgehead atoms. The number of hydrogen-bond acceptors (Lipinski definition) is 0. The summed E-state index contributed by atoms with van der Waals surface area (Å²) in [5.74, 6) is 0. The van der Waals surface area contributed by atoms with Crippen LogP contribution in [0.3, 0.4) is 0 Å². The van der Waals surface area contributed by atoms with Crippen molar-refractivity contribution in [1.29, 1.82) is 0 Å². The van der Waals surface area contributed by atoms with Gasteiger partial charge in [-0.3, -0.25) is 0 Å². The van der Waals surface area contributed by atoms with Crippen molar-refractivity contribution in [2.45, 2.75) is 45.4 Å². The second-order valence-electron chi connectivity index (χ2n) is 6.21. The highest BCUT2D eigenvalue weighted by atomic mass is 14.4. The molecule has 0 saturated heterocycles. The first-order valence-corrected chi connectivity index (χ1v) is 7.29. The zero-order valence-electron chi connectivity index (χ0n) is 12.2. The molecule has 0 fully saturated rings. The summed E-state index contributed by atoms with van der Waals surface area (Å²) in [4.78, 5) is 0. The average molecular weight is 250 g/mol. The summed E-state index contributed by atoms with van der Waals surface area (Å²) in [6.45, 7) is 11.3. The molecule has 0 saturated carbocycles. The molecule has 0 aromatic heterocycles. The van der Waals surface area contributed by atoms with Crippen molar-refractivity contribution in [3.05, 3.63) is 64.8 Å². The lowest BCUT2D eigenvalue weighted by Crippen LogP contribution is -2.19. The highest BCUT2D eigenvalue weighted by Crippen LogP contribution is 2.54. The number of rotatable bonds is 2. The Bertz CT molecular complexity index is 609. The monoisotopic (exact) mass is 250 g/mol. The maximum absolute atomic E-state index is 4.31. The van der Waals surface area contributed by atoms with Crippen LogP contribution in [0.2, 0.25) is 0 Å². The fourth-order valence-corrected chi connectivity index (χ4v) is 3.70. The van der Waals surface area contributed by atoms with Gasteiger partial charge in [0.15, 0.2) is 0 Å². The van der Waals surface area contributed by atoms with E-state index in [0.717, 1.165) is 6.42 Å². The molecule has 1 aromatic carbocycles. The van der Waals surface area contributed by atoms with E-state index in [4.69, 9.17) is 0 Å². The molecule has 0 spiro atoms. The van der Waals surface area contributed by atoms with Crippen molar-refractivity contribution in [2.75, 3.05) is 0 Å². The summed E-state index contributed by atoms with van der Waals surface area (Å²) in [5, 5.41) is 0. The molecular formula is C19H22. The normalized spacial score (nSPS) is 20.2. The predicted octanol–water partition coefficient (Wildman–Crippen LogP) is 5.42. The van der Waals surface area contributed by atoms with Crippen LogP contribution in [0.1, 0.15) is 51.2 Å². The minimum Gasteiger partial charge on any atom is -0.0949 e. The summed E-state index contributed by atoms with van der Waals surface area (Å²) in [5.41, 5.74) is 8.80. The van der Waals surface area contributed by atoms with Gasteiger partial charge in [0.25, 0.3) is 0 Å². The smallest absolute Gasteiger partial charge is 0.0161 e. The van der Waals surface area contributed by atoms with E-state index in [-0.39, 0.29) is 5.41 Å². The third kappa shape index (κ3) is 1.66. The lowest BCUT2D eigenvalue weighted by Gasteiger charge is -2.29. The molecule has 2 aliphatic carbocycles. The topological polar surface area (TPSA) is 0 Å². The third-order valence-electron chi connectivity index (χ3n) is 4.53. The van der Waals surface area contributed by atoms with Crippen LogP contribution in [0, 0.1) is 0 Å². The highest BCUT2D eigenvalue weighted by Gasteiger charge is 2.40. The summed E-state index contributed by atoms with van der Waals surface area (Å²) in [6, 6.07) is 8.85. The molecule has 0 amide bonds. The third-order valence-corrected chi connectivity index (χ3v) is 4.53. The first-order chi connectivity index (χ1) is 9.07. The Balaban J connectivity index is 2.25. The van der Waals surface area contributed by atoms with Crippen molar-refractivity contribution in [3.63, 3.8) is 0 Å². The van der Waals surface area contributed by atoms with Crippen LogP contribution in [-0.4, -0.2) is 0 Å². The highest BCUT2D eigenvalue weighted by molar-refractivity contribution is 5.93. The average Bonchev–Trinajstić information content (AvgIpc) is 2.64. The molecule has 0 heterocycles. The van der Waals surface area contributed by atoms with Crippen LogP contribution in [0.5, 0.6) is 0 Å². The van der Waals surface area contributed by atoms with Gasteiger partial charge in [-0.15, -0.1) is 0 Å². The van der Waals surface area contributed by atoms with E-state index in [0.29, 0.717) is 0 Å². The zero-order chi connectivity index (χ0) is 13.6. The second kappa shape index (κ2) is 4.23. The van der Waals surface area contributed by atoms with Crippen LogP contribution in [0.4, 0.5) is 0 Å². The Kier molecular flexibility index (Phi) is 2.78. The van der Waals surface area contributed by atoms with Gasteiger partial charge in [0.2, 0.25) is 0 Å². The molecule has 2 aliphatic rings. The lowest BCUT2D eigenvalue weighted by atomic mass is 9.75. The van der Waals surface area contributed by atoms with Crippen LogP contribution < -0.4 is 0 Å². The minimum atomic E-state index is 0.121. The Morgan fingerprint density at radius 2 is 1.95 bits per heavy atom. The van der Waals surface area contributed by atoms with Crippen LogP contribution in [0.25, 0.3) is 5.57 Å². The largest absolute Gasteiger partial charge is 0.0949 e. The number of benzene rings is 1. The van der Waals surface area contributed by atoms with Gasteiger partial charge in [-0.25, -0.2) is 0 Å². The molecule has 0 heteroatoms. The molecular weight excluding hydrogens is 228 g/mol. The van der Waals surface area contributed by atoms with Gasteiger partial charge in [0, 0.05) is 5.41 Å². The van der Waals surface area contributed by atoms with Crippen molar-refractivity contribution in [3.8, 4) is 0 Å². The Morgan fingerprint density at radius 3 is 2.68 bits per heavy atom. The van der Waals surface area contributed by atoms with Crippen LogP contribution in [0.15, 0.2) is 53.6 Å². The number of hydrogen-bond donors (Lipinski definition) is 0. The van der Waals surface area contributed by atoms with E-state index in [9.17, 15) is 0 Å². The van der Waals surface area contributed by atoms with Crippen molar-refractivity contribution < 1.29 is 0 Å². The zero-order valence-corrected chi connectivity index (χ0v) is 12.2. The fraction of sp³-hybridized carbons (Fsp3) is 0.368. The molecule has 0 nitrogen and oxygen atoms in total. The van der Waals surface area contributed by atoms with Gasteiger partial charge in [-0.1, -0.05) is 64.1 Å². The van der Waals surface area contributed by atoms with Gasteiger partial charge in [-0.05, 0) is 46.3 Å². The maximum atomic E-state index is 4.31. The minimum absolute atomic E-state index is 0.121. The number of allylic oxidation sites excluding steroid dienone is 5. The molecule has 3 rings (SSSR count). The van der Waals surface area contributed by atoms with Gasteiger partial charge < -0.3 is 0 Å². The van der Waals surface area contributed by atoms with Gasteiger partial charge in [-0.2, -0.15) is 0 Å². The lowest BCUT2D eigenvalue weighted by molar-refractivity contribution is 0.634. The summed E-state index contributed by atoms with van der Waals surface area (Å²) < 4.78 is 0. The maximum Gasteiger partial charge on any atom is 0.0161 e. The van der Waals surface area contributed by atoms with E-state index >= 15 is 0 Å². The molecule has 98 valence electrons. The van der Waals surface area contributed by atoms with Gasteiger partial charge in [0.05, 0.1) is 0 Å². The van der Waals surface area contributed by atoms with E-state index in [1.807, 2.05) is 0 Å². The summed E-state index contributed by atoms with van der Waals surface area (Å²) >= 11 is 0. The fourth-order valence-electron chi connectivity index (χ4n) is 3.70. The molecule has 0 atom stereocenters. The van der Waals surface area contributed by atoms with Crippen molar-refractivity contribution in [1.82, 2.24) is 0 Å². The second-order valence-corrected chi connectivity index (χ2v) is 6.21. The Labute approximate surface area is 116 Å². The van der Waals surface area contributed by atoms with Gasteiger partial charge in [0.1, 0.15) is 0 Å². The van der Waals surface area contributed by atoms with Crippen LogP contribution in [-0.2, 0) is 5.41 Å². The Hall–Kier alpha value is -1.56. The van der Waals surface area contributed by atoms with Crippen LogP contribution >= 0.6 is 0 Å². The molecule has 19 heavy (non-hydrogen) atoms. The summed E-state index contributed by atoms with van der Waals surface area (Å²) in [7, 11) is 0. The molecule has 0 N–H and O–H groups in total. The van der Waals surface area contributed by atoms with E-state index in [2.05, 4.69) is 57.7 Å². The number of fused-ring (bicyclic) bond motifs is 2. The first-order valence-electron chi connectivity index (χ1n) is 7.29. The molecule has 0 aliphatic heterocycles.